The highest BCUT2D eigenvalue weighted by atomic mass is 19.1. The van der Waals surface area contributed by atoms with Crippen LogP contribution in [-0.4, -0.2) is 18.0 Å². The molecule has 0 saturated heterocycles. The van der Waals surface area contributed by atoms with Crippen molar-refractivity contribution < 1.29 is 4.39 Å². The lowest BCUT2D eigenvalue weighted by Gasteiger charge is -2.24. The van der Waals surface area contributed by atoms with Crippen molar-refractivity contribution in [2.45, 2.75) is 25.4 Å². The van der Waals surface area contributed by atoms with Crippen molar-refractivity contribution in [2.75, 3.05) is 13.1 Å². The quantitative estimate of drug-likeness (QED) is 0.937. The zero-order valence-electron chi connectivity index (χ0n) is 12.1. The summed E-state index contributed by atoms with van der Waals surface area (Å²) in [7, 11) is 0. The van der Waals surface area contributed by atoms with Gasteiger partial charge in [-0.15, -0.1) is 0 Å². The maximum atomic E-state index is 13.3. The first kappa shape index (κ1) is 14.2. The van der Waals surface area contributed by atoms with Gasteiger partial charge in [0, 0.05) is 19.1 Å². The van der Waals surface area contributed by atoms with Gasteiger partial charge in [-0.2, -0.15) is 0 Å². The minimum absolute atomic E-state index is 0.147. The number of nitrogens with two attached hydrogens (primary N) is 1. The number of rotatable bonds is 3. The molecular weight excluding hydrogens is 263 g/mol. The van der Waals surface area contributed by atoms with Crippen molar-refractivity contribution in [3.8, 4) is 0 Å². The second kappa shape index (κ2) is 6.37. The van der Waals surface area contributed by atoms with Gasteiger partial charge in [-0.1, -0.05) is 36.4 Å². The van der Waals surface area contributed by atoms with Gasteiger partial charge in [0.1, 0.15) is 5.82 Å². The van der Waals surface area contributed by atoms with Crippen molar-refractivity contribution >= 4 is 0 Å². The SMILES string of the molecule is NC(CN1CCCc2ccccc2C1)c1cccc(F)c1. The lowest BCUT2D eigenvalue weighted by Crippen LogP contribution is -2.32. The molecule has 2 nitrogen and oxygen atoms in total. The molecule has 1 aliphatic rings. The number of hydrogen-bond donors (Lipinski definition) is 1. The van der Waals surface area contributed by atoms with Crippen LogP contribution in [0.5, 0.6) is 0 Å². The van der Waals surface area contributed by atoms with Gasteiger partial charge in [-0.05, 0) is 48.2 Å². The van der Waals surface area contributed by atoms with E-state index in [9.17, 15) is 4.39 Å². The molecule has 0 spiro atoms. The van der Waals surface area contributed by atoms with E-state index in [0.29, 0.717) is 0 Å². The van der Waals surface area contributed by atoms with E-state index in [0.717, 1.165) is 38.0 Å². The van der Waals surface area contributed by atoms with Crippen LogP contribution in [0.25, 0.3) is 0 Å². The van der Waals surface area contributed by atoms with Crippen LogP contribution in [0.2, 0.25) is 0 Å². The van der Waals surface area contributed by atoms with Crippen LogP contribution in [-0.2, 0) is 13.0 Å². The Bertz CT molecular complexity index is 612. The van der Waals surface area contributed by atoms with Gasteiger partial charge in [0.05, 0.1) is 0 Å². The van der Waals surface area contributed by atoms with Gasteiger partial charge in [0.2, 0.25) is 0 Å². The van der Waals surface area contributed by atoms with Crippen LogP contribution >= 0.6 is 0 Å². The summed E-state index contributed by atoms with van der Waals surface area (Å²) in [6.45, 7) is 2.73. The highest BCUT2D eigenvalue weighted by Crippen LogP contribution is 2.21. The first-order valence-electron chi connectivity index (χ1n) is 7.52. The van der Waals surface area contributed by atoms with Gasteiger partial charge in [-0.25, -0.2) is 4.39 Å². The van der Waals surface area contributed by atoms with Crippen LogP contribution in [0.15, 0.2) is 48.5 Å². The molecule has 21 heavy (non-hydrogen) atoms. The summed E-state index contributed by atoms with van der Waals surface area (Å²) in [5, 5.41) is 0. The number of hydrogen-bond acceptors (Lipinski definition) is 2. The molecule has 0 aromatic heterocycles. The molecule has 0 bridgehead atoms. The van der Waals surface area contributed by atoms with Crippen LogP contribution < -0.4 is 5.73 Å². The largest absolute Gasteiger partial charge is 0.323 e. The Morgan fingerprint density at radius 3 is 2.71 bits per heavy atom. The second-order valence-electron chi connectivity index (χ2n) is 5.77. The van der Waals surface area contributed by atoms with E-state index in [1.165, 1.54) is 23.3 Å². The molecule has 1 aliphatic heterocycles. The van der Waals surface area contributed by atoms with E-state index in [1.54, 1.807) is 6.07 Å². The Hall–Kier alpha value is -1.71. The smallest absolute Gasteiger partial charge is 0.123 e. The van der Waals surface area contributed by atoms with E-state index in [4.69, 9.17) is 5.73 Å². The third-order valence-corrected chi connectivity index (χ3v) is 4.16. The van der Waals surface area contributed by atoms with Gasteiger partial charge in [0.15, 0.2) is 0 Å². The molecule has 2 N–H and O–H groups in total. The molecule has 3 rings (SSSR count). The second-order valence-corrected chi connectivity index (χ2v) is 5.77. The predicted octanol–water partition coefficient (Wildman–Crippen LogP) is 3.27. The number of nitrogens with zero attached hydrogens (tertiary/aromatic N) is 1. The zero-order chi connectivity index (χ0) is 14.7. The Labute approximate surface area is 125 Å². The molecule has 1 unspecified atom stereocenters. The van der Waals surface area contributed by atoms with Gasteiger partial charge in [0.25, 0.3) is 0 Å². The summed E-state index contributed by atoms with van der Waals surface area (Å²) >= 11 is 0. The standard InChI is InChI=1S/C18H21FN2/c19-17-9-3-7-15(11-17)18(20)13-21-10-4-8-14-5-1-2-6-16(14)12-21/h1-3,5-7,9,11,18H,4,8,10,12-13,20H2. The average molecular weight is 284 g/mol. The lowest BCUT2D eigenvalue weighted by atomic mass is 10.0. The highest BCUT2D eigenvalue weighted by Gasteiger charge is 2.17. The van der Waals surface area contributed by atoms with Crippen LogP contribution in [0, 0.1) is 5.82 Å². The van der Waals surface area contributed by atoms with Crippen molar-refractivity contribution in [3.63, 3.8) is 0 Å². The van der Waals surface area contributed by atoms with Crippen LogP contribution in [0.1, 0.15) is 29.2 Å². The molecule has 2 aromatic rings. The van der Waals surface area contributed by atoms with Gasteiger partial charge >= 0.3 is 0 Å². The maximum absolute atomic E-state index is 13.3. The fraction of sp³-hybridized carbons (Fsp3) is 0.333. The fourth-order valence-electron chi connectivity index (χ4n) is 3.05. The Kier molecular flexibility index (Phi) is 4.32. The van der Waals surface area contributed by atoms with Crippen LogP contribution in [0.4, 0.5) is 4.39 Å². The molecule has 0 saturated carbocycles. The zero-order valence-corrected chi connectivity index (χ0v) is 12.1. The normalized spacial score (nSPS) is 17.0. The molecule has 0 radical (unpaired) electrons. The number of aryl methyl sites for hydroxylation is 1. The van der Waals surface area contributed by atoms with Crippen molar-refractivity contribution in [1.29, 1.82) is 0 Å². The highest BCUT2D eigenvalue weighted by molar-refractivity contribution is 5.28. The summed E-state index contributed by atoms with van der Waals surface area (Å²) in [5.41, 5.74) is 9.96. The van der Waals surface area contributed by atoms with Crippen molar-refractivity contribution in [3.05, 3.63) is 71.0 Å². The van der Waals surface area contributed by atoms with E-state index in [-0.39, 0.29) is 11.9 Å². The van der Waals surface area contributed by atoms with Gasteiger partial charge in [-0.3, -0.25) is 4.90 Å². The Morgan fingerprint density at radius 1 is 1.10 bits per heavy atom. The molecule has 0 amide bonds. The van der Waals surface area contributed by atoms with Crippen LogP contribution in [0.3, 0.4) is 0 Å². The monoisotopic (exact) mass is 284 g/mol. The molecule has 3 heteroatoms. The number of halogens is 1. The third kappa shape index (κ3) is 3.49. The van der Waals surface area contributed by atoms with E-state index < -0.39 is 0 Å². The molecular formula is C18H21FN2. The van der Waals surface area contributed by atoms with Crippen molar-refractivity contribution in [2.24, 2.45) is 5.73 Å². The molecule has 0 fully saturated rings. The summed E-state index contributed by atoms with van der Waals surface area (Å²) in [6.07, 6.45) is 2.27. The Morgan fingerprint density at radius 2 is 1.90 bits per heavy atom. The molecule has 1 heterocycles. The predicted molar refractivity (Wildman–Crippen MR) is 83.4 cm³/mol. The molecule has 2 aromatic carbocycles. The average Bonchev–Trinajstić information content (AvgIpc) is 2.68. The summed E-state index contributed by atoms with van der Waals surface area (Å²) in [4.78, 5) is 2.38. The summed E-state index contributed by atoms with van der Waals surface area (Å²) < 4.78 is 13.3. The number of benzene rings is 2. The third-order valence-electron chi connectivity index (χ3n) is 4.16. The first-order valence-corrected chi connectivity index (χ1v) is 7.52. The fourth-order valence-corrected chi connectivity index (χ4v) is 3.05. The number of fused-ring (bicyclic) bond motifs is 1. The topological polar surface area (TPSA) is 29.3 Å². The van der Waals surface area contributed by atoms with E-state index in [1.807, 2.05) is 6.07 Å². The maximum Gasteiger partial charge on any atom is 0.123 e. The summed E-state index contributed by atoms with van der Waals surface area (Å²) in [6, 6.07) is 15.1. The lowest BCUT2D eigenvalue weighted by molar-refractivity contribution is 0.253. The summed E-state index contributed by atoms with van der Waals surface area (Å²) in [5.74, 6) is -0.218. The van der Waals surface area contributed by atoms with E-state index >= 15 is 0 Å². The molecule has 1 atom stereocenters. The first-order chi connectivity index (χ1) is 10.2. The van der Waals surface area contributed by atoms with E-state index in [2.05, 4.69) is 29.2 Å². The molecule has 110 valence electrons. The molecule has 0 aliphatic carbocycles. The minimum Gasteiger partial charge on any atom is -0.323 e. The van der Waals surface area contributed by atoms with Crippen molar-refractivity contribution in [1.82, 2.24) is 4.90 Å². The Balaban J connectivity index is 1.70. The van der Waals surface area contributed by atoms with Gasteiger partial charge < -0.3 is 5.73 Å². The minimum atomic E-state index is -0.218.